The molecule has 1 heterocycles. The molecule has 7 nitrogen and oxygen atoms in total. The Labute approximate surface area is 168 Å². The second-order valence-corrected chi connectivity index (χ2v) is 6.96. The van der Waals surface area contributed by atoms with Gasteiger partial charge in [-0.1, -0.05) is 42.5 Å². The van der Waals surface area contributed by atoms with Crippen molar-refractivity contribution in [3.63, 3.8) is 0 Å². The van der Waals surface area contributed by atoms with Gasteiger partial charge in [-0.2, -0.15) is 0 Å². The summed E-state index contributed by atoms with van der Waals surface area (Å²) >= 11 is 0. The molecule has 0 aliphatic heterocycles. The first-order chi connectivity index (χ1) is 14.0. The molecule has 2 N–H and O–H groups in total. The molecule has 2 aromatic carbocycles. The van der Waals surface area contributed by atoms with Crippen molar-refractivity contribution >= 4 is 22.7 Å². The van der Waals surface area contributed by atoms with Crippen LogP contribution in [-0.4, -0.2) is 27.4 Å². The number of aromatic nitrogens is 2. The summed E-state index contributed by atoms with van der Waals surface area (Å²) in [5, 5.41) is 5.99. The third-order valence-electron chi connectivity index (χ3n) is 4.72. The van der Waals surface area contributed by atoms with Crippen molar-refractivity contribution in [2.75, 3.05) is 0 Å². The van der Waals surface area contributed by atoms with E-state index in [2.05, 4.69) is 15.6 Å². The van der Waals surface area contributed by atoms with Crippen LogP contribution in [0.5, 0.6) is 0 Å². The molecule has 0 spiro atoms. The second kappa shape index (κ2) is 9.14. The molecule has 0 radical (unpaired) electrons. The van der Waals surface area contributed by atoms with E-state index in [-0.39, 0.29) is 30.3 Å². The molecular formula is C22H24N4O3. The number of carbonyl (C=O) groups is 2. The summed E-state index contributed by atoms with van der Waals surface area (Å²) in [6.07, 6.45) is 1.54. The highest BCUT2D eigenvalue weighted by Gasteiger charge is 2.15. The molecule has 0 aliphatic rings. The minimum Gasteiger partial charge on any atom is -0.350 e. The number of carbonyl (C=O) groups excluding carboxylic acids is 2. The van der Waals surface area contributed by atoms with Crippen LogP contribution < -0.4 is 16.2 Å². The van der Waals surface area contributed by atoms with Crippen LogP contribution in [0, 0.1) is 6.92 Å². The molecule has 0 saturated carbocycles. The normalized spacial score (nSPS) is 11.8. The van der Waals surface area contributed by atoms with E-state index in [9.17, 15) is 14.4 Å². The monoisotopic (exact) mass is 392 g/mol. The molecule has 150 valence electrons. The molecule has 0 fully saturated rings. The molecule has 3 aromatic rings. The minimum atomic E-state index is -0.666. The topological polar surface area (TPSA) is 93.1 Å². The van der Waals surface area contributed by atoms with E-state index in [4.69, 9.17) is 0 Å². The van der Waals surface area contributed by atoms with Gasteiger partial charge in [0.25, 0.3) is 5.56 Å². The minimum absolute atomic E-state index is 0.0786. The zero-order valence-corrected chi connectivity index (χ0v) is 16.5. The largest absolute Gasteiger partial charge is 0.350 e. The van der Waals surface area contributed by atoms with Gasteiger partial charge in [-0.25, -0.2) is 4.98 Å². The lowest BCUT2D eigenvalue weighted by molar-refractivity contribution is -0.128. The van der Waals surface area contributed by atoms with Gasteiger partial charge in [0.15, 0.2) is 0 Å². The van der Waals surface area contributed by atoms with Gasteiger partial charge in [0.1, 0.15) is 6.04 Å². The van der Waals surface area contributed by atoms with Crippen molar-refractivity contribution in [1.82, 2.24) is 20.2 Å². The van der Waals surface area contributed by atoms with E-state index >= 15 is 0 Å². The zero-order valence-electron chi connectivity index (χ0n) is 16.5. The number of fused-ring (bicyclic) bond motifs is 1. The van der Waals surface area contributed by atoms with E-state index in [0.29, 0.717) is 17.4 Å². The number of nitrogens with one attached hydrogen (secondary N) is 2. The van der Waals surface area contributed by atoms with Gasteiger partial charge in [-0.3, -0.25) is 19.0 Å². The van der Waals surface area contributed by atoms with Crippen LogP contribution in [0.15, 0.2) is 59.7 Å². The summed E-state index contributed by atoms with van der Waals surface area (Å²) in [5.41, 5.74) is 2.40. The predicted octanol–water partition coefficient (Wildman–Crippen LogP) is 1.92. The van der Waals surface area contributed by atoms with Crippen LogP contribution in [0.3, 0.4) is 0 Å². The van der Waals surface area contributed by atoms with Crippen LogP contribution in [0.1, 0.15) is 24.5 Å². The molecule has 1 unspecified atom stereocenters. The number of aryl methyl sites for hydroxylation is 2. The number of nitrogens with zero attached hydrogens (tertiary/aromatic N) is 2. The van der Waals surface area contributed by atoms with E-state index in [1.54, 1.807) is 13.0 Å². The third kappa shape index (κ3) is 5.07. The Morgan fingerprint density at radius 3 is 2.62 bits per heavy atom. The van der Waals surface area contributed by atoms with Crippen LogP contribution in [-0.2, 0) is 22.7 Å². The van der Waals surface area contributed by atoms with Gasteiger partial charge in [-0.15, -0.1) is 0 Å². The van der Waals surface area contributed by atoms with Gasteiger partial charge in [0, 0.05) is 19.5 Å². The van der Waals surface area contributed by atoms with Crippen molar-refractivity contribution in [2.24, 2.45) is 0 Å². The summed E-state index contributed by atoms with van der Waals surface area (Å²) in [7, 11) is 0. The molecule has 1 atom stereocenters. The molecule has 2 amide bonds. The third-order valence-corrected chi connectivity index (χ3v) is 4.72. The molecule has 0 saturated heterocycles. The van der Waals surface area contributed by atoms with E-state index in [1.165, 1.54) is 10.9 Å². The lowest BCUT2D eigenvalue weighted by Crippen LogP contribution is -2.44. The number of hydrogen-bond donors (Lipinski definition) is 2. The number of amides is 2. The number of rotatable bonds is 7. The molecular weight excluding hydrogens is 368 g/mol. The van der Waals surface area contributed by atoms with Crippen LogP contribution in [0.4, 0.5) is 0 Å². The highest BCUT2D eigenvalue weighted by atomic mass is 16.2. The second-order valence-electron chi connectivity index (χ2n) is 6.96. The number of para-hydroxylation sites is 1. The summed E-state index contributed by atoms with van der Waals surface area (Å²) in [6, 6.07) is 14.3. The number of benzene rings is 2. The Balaban J connectivity index is 1.53. The van der Waals surface area contributed by atoms with E-state index in [1.807, 2.05) is 49.4 Å². The maximum absolute atomic E-state index is 12.6. The van der Waals surface area contributed by atoms with Crippen molar-refractivity contribution in [1.29, 1.82) is 0 Å². The SMILES string of the molecule is Cc1cccc2c(=O)n(CCC(=O)NC(C)C(=O)NCc3ccccc3)cnc12. The van der Waals surface area contributed by atoms with Gasteiger partial charge in [-0.05, 0) is 31.0 Å². The fourth-order valence-electron chi connectivity index (χ4n) is 3.04. The summed E-state index contributed by atoms with van der Waals surface area (Å²) in [4.78, 5) is 41.3. The average Bonchev–Trinajstić information content (AvgIpc) is 2.72. The molecule has 3 rings (SSSR count). The van der Waals surface area contributed by atoms with Crippen LogP contribution in [0.2, 0.25) is 0 Å². The molecule has 0 aliphatic carbocycles. The quantitative estimate of drug-likeness (QED) is 0.642. The molecule has 0 bridgehead atoms. The Morgan fingerprint density at radius 2 is 1.86 bits per heavy atom. The van der Waals surface area contributed by atoms with Gasteiger partial charge in [0.2, 0.25) is 11.8 Å². The Morgan fingerprint density at radius 1 is 1.10 bits per heavy atom. The van der Waals surface area contributed by atoms with Gasteiger partial charge in [0.05, 0.1) is 17.2 Å². The fourth-order valence-corrected chi connectivity index (χ4v) is 3.04. The summed E-state index contributed by atoms with van der Waals surface area (Å²) in [6.45, 7) is 4.12. The van der Waals surface area contributed by atoms with E-state index in [0.717, 1.165) is 11.1 Å². The first-order valence-electron chi connectivity index (χ1n) is 9.51. The number of hydrogen-bond acceptors (Lipinski definition) is 4. The van der Waals surface area contributed by atoms with E-state index < -0.39 is 6.04 Å². The Hall–Kier alpha value is -3.48. The van der Waals surface area contributed by atoms with Crippen molar-refractivity contribution < 1.29 is 9.59 Å². The van der Waals surface area contributed by atoms with Crippen LogP contribution >= 0.6 is 0 Å². The Bertz CT molecular complexity index is 1080. The Kier molecular flexibility index (Phi) is 6.39. The fraction of sp³-hybridized carbons (Fsp3) is 0.273. The molecule has 7 heteroatoms. The lowest BCUT2D eigenvalue weighted by Gasteiger charge is -2.14. The average molecular weight is 392 g/mol. The molecule has 29 heavy (non-hydrogen) atoms. The zero-order chi connectivity index (χ0) is 20.8. The highest BCUT2D eigenvalue weighted by Crippen LogP contribution is 2.11. The van der Waals surface area contributed by atoms with Crippen molar-refractivity contribution in [3.05, 3.63) is 76.3 Å². The first-order valence-corrected chi connectivity index (χ1v) is 9.51. The van der Waals surface area contributed by atoms with Gasteiger partial charge >= 0.3 is 0 Å². The molecule has 1 aromatic heterocycles. The van der Waals surface area contributed by atoms with Crippen molar-refractivity contribution in [2.45, 2.75) is 39.4 Å². The highest BCUT2D eigenvalue weighted by molar-refractivity contribution is 5.87. The summed E-state index contributed by atoms with van der Waals surface area (Å²) < 4.78 is 1.42. The maximum Gasteiger partial charge on any atom is 0.261 e. The van der Waals surface area contributed by atoms with Gasteiger partial charge < -0.3 is 10.6 Å². The van der Waals surface area contributed by atoms with Crippen LogP contribution in [0.25, 0.3) is 10.9 Å². The smallest absolute Gasteiger partial charge is 0.261 e. The first kappa shape index (κ1) is 20.3. The standard InChI is InChI=1S/C22H24N4O3/c1-15-7-6-10-18-20(15)24-14-26(22(18)29)12-11-19(27)25-16(2)21(28)23-13-17-8-4-3-5-9-17/h3-10,14,16H,11-13H2,1-2H3,(H,23,28)(H,25,27). The maximum atomic E-state index is 12.6. The lowest BCUT2D eigenvalue weighted by atomic mass is 10.1. The van der Waals surface area contributed by atoms with Crippen molar-refractivity contribution in [3.8, 4) is 0 Å². The summed E-state index contributed by atoms with van der Waals surface area (Å²) in [5.74, 6) is -0.564. The predicted molar refractivity (Wildman–Crippen MR) is 111 cm³/mol.